The molecule has 1 radical (unpaired) electrons. The van der Waals surface area contributed by atoms with E-state index in [1.54, 1.807) is 0 Å². The van der Waals surface area contributed by atoms with E-state index in [4.69, 9.17) is 17.0 Å². The van der Waals surface area contributed by atoms with Crippen LogP contribution >= 0.6 is 12.2 Å². The van der Waals surface area contributed by atoms with Crippen LogP contribution in [0.2, 0.25) is 0 Å². The molecule has 1 atom stereocenters. The van der Waals surface area contributed by atoms with E-state index in [0.717, 1.165) is 5.56 Å². The summed E-state index contributed by atoms with van der Waals surface area (Å²) in [4.78, 5) is 3.97. The number of nitrogens with zero attached hydrogens (tertiary/aromatic N) is 1. The van der Waals surface area contributed by atoms with E-state index in [1.165, 1.54) is 0 Å². The molecule has 0 saturated carbocycles. The highest BCUT2D eigenvalue weighted by atomic mass is 32.1. The Balaban J connectivity index is 2.31. The van der Waals surface area contributed by atoms with Crippen LogP contribution < -0.4 is 0 Å². The molecule has 1 heterocycles. The maximum Gasteiger partial charge on any atom is 0.280 e. The van der Waals surface area contributed by atoms with Crippen LogP contribution in [0.25, 0.3) is 0 Å². The van der Waals surface area contributed by atoms with Gasteiger partial charge in [-0.05, 0) is 17.8 Å². The first-order valence-electron chi connectivity index (χ1n) is 3.58. The van der Waals surface area contributed by atoms with Crippen molar-refractivity contribution in [2.24, 2.45) is 4.99 Å². The highest BCUT2D eigenvalue weighted by molar-refractivity contribution is 7.80. The van der Waals surface area contributed by atoms with Crippen molar-refractivity contribution >= 4 is 23.7 Å². The Labute approximate surface area is 75.9 Å². The maximum absolute atomic E-state index is 4.94. The molecule has 0 saturated heterocycles. The molecule has 12 heavy (non-hydrogen) atoms. The van der Waals surface area contributed by atoms with E-state index in [1.807, 2.05) is 30.3 Å². The number of benzene rings is 1. The van der Waals surface area contributed by atoms with Gasteiger partial charge in [0.2, 0.25) is 0 Å². The largest absolute Gasteiger partial charge is 0.425 e. The van der Waals surface area contributed by atoms with Crippen LogP contribution in [-0.4, -0.2) is 11.5 Å². The molecule has 1 aliphatic rings. The monoisotopic (exact) mass is 176 g/mol. The van der Waals surface area contributed by atoms with Gasteiger partial charge in [-0.15, -0.1) is 0 Å². The molecule has 3 heteroatoms. The Kier molecular flexibility index (Phi) is 1.87. The average molecular weight is 176 g/mol. The number of hydrogen-bond donors (Lipinski definition) is 0. The summed E-state index contributed by atoms with van der Waals surface area (Å²) in [5, 5.41) is 0.473. The first-order valence-corrected chi connectivity index (χ1v) is 3.99. The molecule has 1 aliphatic heterocycles. The fraction of sp³-hybridized carbons (Fsp3) is 0.111. The molecule has 2 rings (SSSR count). The molecule has 2 nitrogen and oxygen atoms in total. The smallest absolute Gasteiger partial charge is 0.280 e. The molecule has 0 bridgehead atoms. The summed E-state index contributed by atoms with van der Waals surface area (Å²) in [7, 11) is 0. The zero-order chi connectivity index (χ0) is 8.39. The summed E-state index contributed by atoms with van der Waals surface area (Å²) < 4.78 is 4.83. The van der Waals surface area contributed by atoms with Gasteiger partial charge in [-0.3, -0.25) is 0 Å². The molecular weight excluding hydrogens is 170 g/mol. The Morgan fingerprint density at radius 2 is 2.08 bits per heavy atom. The molecule has 0 aliphatic carbocycles. The predicted octanol–water partition coefficient (Wildman–Crippen LogP) is 1.99. The maximum atomic E-state index is 4.94. The zero-order valence-electron chi connectivity index (χ0n) is 6.23. The van der Waals surface area contributed by atoms with Crippen molar-refractivity contribution in [1.29, 1.82) is 0 Å². The molecule has 1 aromatic rings. The third-order valence-electron chi connectivity index (χ3n) is 1.67. The van der Waals surface area contributed by atoms with E-state index >= 15 is 0 Å². The number of rotatable bonds is 1. The van der Waals surface area contributed by atoms with Gasteiger partial charge in [-0.25, -0.2) is 4.99 Å². The van der Waals surface area contributed by atoms with Crippen molar-refractivity contribution in [1.82, 2.24) is 0 Å². The molecule has 1 unspecified atom stereocenters. The first kappa shape index (κ1) is 7.43. The second-order valence-electron chi connectivity index (χ2n) is 2.45. The number of ether oxygens (including phenoxy) is 1. The normalized spacial score (nSPS) is 21.0. The molecule has 0 aromatic heterocycles. The second-order valence-corrected chi connectivity index (χ2v) is 2.86. The van der Waals surface area contributed by atoms with E-state index in [0.29, 0.717) is 5.05 Å². The average Bonchev–Trinajstić information content (AvgIpc) is 2.53. The molecule has 0 fully saturated rings. The van der Waals surface area contributed by atoms with Crippen molar-refractivity contribution in [3.05, 3.63) is 35.9 Å². The number of aliphatic imine (C=N–C) groups is 1. The summed E-state index contributed by atoms with van der Waals surface area (Å²) in [5.74, 6) is 0. The highest BCUT2D eigenvalue weighted by Crippen LogP contribution is 2.22. The molecule has 0 N–H and O–H groups in total. The van der Waals surface area contributed by atoms with E-state index in [9.17, 15) is 0 Å². The van der Waals surface area contributed by atoms with Crippen molar-refractivity contribution in [3.8, 4) is 0 Å². The summed E-state index contributed by atoms with van der Waals surface area (Å²) in [6.45, 7) is 0. The third kappa shape index (κ3) is 1.23. The SMILES string of the molecule is S=C1O[C]=NC1c1ccccc1. The number of thiocarbonyl (C=S) groups is 1. The topological polar surface area (TPSA) is 21.6 Å². The van der Waals surface area contributed by atoms with E-state index in [-0.39, 0.29) is 6.04 Å². The molecule has 59 valence electrons. The summed E-state index contributed by atoms with van der Waals surface area (Å²) >= 11 is 4.94. The highest BCUT2D eigenvalue weighted by Gasteiger charge is 2.21. The Hall–Kier alpha value is -1.22. The van der Waals surface area contributed by atoms with E-state index < -0.39 is 0 Å². The molecule has 0 amide bonds. The van der Waals surface area contributed by atoms with Gasteiger partial charge in [-0.2, -0.15) is 0 Å². The lowest BCUT2D eigenvalue weighted by Crippen LogP contribution is -2.03. The summed E-state index contributed by atoms with van der Waals surface area (Å²) in [5.41, 5.74) is 1.05. The fourth-order valence-electron chi connectivity index (χ4n) is 1.08. The van der Waals surface area contributed by atoms with Crippen LogP contribution in [0.1, 0.15) is 11.6 Å². The van der Waals surface area contributed by atoms with Gasteiger partial charge in [-0.1, -0.05) is 30.3 Å². The minimum Gasteiger partial charge on any atom is -0.425 e. The lowest BCUT2D eigenvalue weighted by atomic mass is 10.1. The van der Waals surface area contributed by atoms with Crippen molar-refractivity contribution < 1.29 is 4.74 Å². The Bertz CT molecular complexity index is 321. The van der Waals surface area contributed by atoms with E-state index in [2.05, 4.69) is 11.4 Å². The summed E-state index contributed by atoms with van der Waals surface area (Å²) in [6, 6.07) is 9.65. The zero-order valence-corrected chi connectivity index (χ0v) is 7.04. The quantitative estimate of drug-likeness (QED) is 0.610. The van der Waals surface area contributed by atoms with Crippen molar-refractivity contribution in [2.75, 3.05) is 0 Å². The van der Waals surface area contributed by atoms with Crippen molar-refractivity contribution in [3.63, 3.8) is 0 Å². The standard InChI is InChI=1S/C9H6NOS/c12-9-8(10-6-11-9)7-4-2-1-3-5-7/h1-5,8H. The van der Waals surface area contributed by atoms with Gasteiger partial charge in [0.05, 0.1) is 0 Å². The second kappa shape index (κ2) is 3.03. The van der Waals surface area contributed by atoms with Gasteiger partial charge >= 0.3 is 0 Å². The lowest BCUT2D eigenvalue weighted by molar-refractivity contribution is 0.589. The fourth-order valence-corrected chi connectivity index (χ4v) is 1.30. The molecule has 0 spiro atoms. The van der Waals surface area contributed by atoms with Gasteiger partial charge in [0.15, 0.2) is 5.05 Å². The van der Waals surface area contributed by atoms with Crippen LogP contribution in [0, 0.1) is 0 Å². The Morgan fingerprint density at radius 3 is 2.67 bits per heavy atom. The third-order valence-corrected chi connectivity index (χ3v) is 1.97. The van der Waals surface area contributed by atoms with Gasteiger partial charge < -0.3 is 4.74 Å². The van der Waals surface area contributed by atoms with Crippen LogP contribution in [-0.2, 0) is 4.74 Å². The first-order chi connectivity index (χ1) is 5.88. The minimum atomic E-state index is -0.138. The minimum absolute atomic E-state index is 0.138. The van der Waals surface area contributed by atoms with Gasteiger partial charge in [0.25, 0.3) is 6.40 Å². The van der Waals surface area contributed by atoms with Gasteiger partial charge in [0, 0.05) is 0 Å². The van der Waals surface area contributed by atoms with Gasteiger partial charge in [0.1, 0.15) is 6.04 Å². The number of hydrogen-bond acceptors (Lipinski definition) is 3. The Morgan fingerprint density at radius 1 is 1.33 bits per heavy atom. The van der Waals surface area contributed by atoms with Crippen LogP contribution in [0.3, 0.4) is 0 Å². The summed E-state index contributed by atoms with van der Waals surface area (Å²) in [6.07, 6.45) is 2.40. The van der Waals surface area contributed by atoms with Crippen LogP contribution in [0.15, 0.2) is 35.3 Å². The lowest BCUT2D eigenvalue weighted by Gasteiger charge is -2.04. The van der Waals surface area contributed by atoms with Crippen LogP contribution in [0.5, 0.6) is 0 Å². The van der Waals surface area contributed by atoms with Crippen LogP contribution in [0.4, 0.5) is 0 Å². The van der Waals surface area contributed by atoms with Crippen molar-refractivity contribution in [2.45, 2.75) is 6.04 Å². The predicted molar refractivity (Wildman–Crippen MR) is 50.3 cm³/mol. The molecule has 1 aromatic carbocycles. The molecular formula is C9H6NOS.